The molecule has 0 aliphatic carbocycles. The van der Waals surface area contributed by atoms with Gasteiger partial charge in [0.1, 0.15) is 4.99 Å². The fourth-order valence-electron chi connectivity index (χ4n) is 1.51. The second-order valence-corrected chi connectivity index (χ2v) is 6.52. The summed E-state index contributed by atoms with van der Waals surface area (Å²) in [4.78, 5) is 10.9. The van der Waals surface area contributed by atoms with Gasteiger partial charge in [0.15, 0.2) is 0 Å². The number of carbonyl (C=O) groups is 1. The van der Waals surface area contributed by atoms with Gasteiger partial charge in [0.05, 0.1) is 12.3 Å². The van der Waals surface area contributed by atoms with E-state index in [0.29, 0.717) is 11.1 Å². The van der Waals surface area contributed by atoms with Crippen molar-refractivity contribution in [2.75, 3.05) is 13.6 Å². The van der Waals surface area contributed by atoms with Crippen molar-refractivity contribution in [3.8, 4) is 0 Å². The number of rotatable bonds is 6. The number of hydrogen-bond donors (Lipinski definition) is 2. The Labute approximate surface area is 117 Å². The predicted octanol–water partition coefficient (Wildman–Crippen LogP) is -0.432. The van der Waals surface area contributed by atoms with Crippen molar-refractivity contribution in [2.45, 2.75) is 5.75 Å². The van der Waals surface area contributed by atoms with Crippen molar-refractivity contribution in [3.63, 3.8) is 0 Å². The van der Waals surface area contributed by atoms with E-state index in [2.05, 4.69) is 0 Å². The first-order chi connectivity index (χ1) is 8.74. The third kappa shape index (κ3) is 4.27. The smallest absolute Gasteiger partial charge is 0.232 e. The minimum atomic E-state index is -3.65. The molecule has 8 heteroatoms. The first-order valence-corrected chi connectivity index (χ1v) is 7.36. The van der Waals surface area contributed by atoms with E-state index >= 15 is 0 Å². The lowest BCUT2D eigenvalue weighted by Gasteiger charge is -2.16. The largest absolute Gasteiger partial charge is 0.389 e. The van der Waals surface area contributed by atoms with Crippen LogP contribution in [-0.4, -0.2) is 37.2 Å². The summed E-state index contributed by atoms with van der Waals surface area (Å²) in [6, 6.07) is 6.70. The lowest BCUT2D eigenvalue weighted by molar-refractivity contribution is -0.118. The van der Waals surface area contributed by atoms with Crippen LogP contribution in [0.2, 0.25) is 0 Å². The van der Waals surface area contributed by atoms with E-state index in [9.17, 15) is 13.2 Å². The second-order valence-electron chi connectivity index (χ2n) is 4.00. The molecule has 0 heterocycles. The van der Waals surface area contributed by atoms with Crippen molar-refractivity contribution in [2.24, 2.45) is 11.5 Å². The molecule has 0 aliphatic heterocycles. The average molecular weight is 301 g/mol. The van der Waals surface area contributed by atoms with Crippen LogP contribution in [0.4, 0.5) is 0 Å². The molecule has 104 valence electrons. The van der Waals surface area contributed by atoms with Gasteiger partial charge in [0.2, 0.25) is 15.9 Å². The molecule has 0 saturated heterocycles. The number of carbonyl (C=O) groups excluding carboxylic acids is 1. The molecule has 0 fully saturated rings. The topological polar surface area (TPSA) is 106 Å². The van der Waals surface area contributed by atoms with Crippen LogP contribution in [0.3, 0.4) is 0 Å². The minimum absolute atomic E-state index is 0.128. The molecule has 1 aromatic rings. The highest BCUT2D eigenvalue weighted by Gasteiger charge is 2.21. The zero-order valence-electron chi connectivity index (χ0n) is 10.4. The van der Waals surface area contributed by atoms with Crippen LogP contribution < -0.4 is 11.5 Å². The van der Waals surface area contributed by atoms with Crippen molar-refractivity contribution in [1.29, 1.82) is 0 Å². The first kappa shape index (κ1) is 15.5. The third-order valence-corrected chi connectivity index (χ3v) is 4.45. The molecule has 0 aliphatic rings. The Morgan fingerprint density at radius 1 is 1.32 bits per heavy atom. The number of nitrogens with zero attached hydrogens (tertiary/aromatic N) is 1. The van der Waals surface area contributed by atoms with Gasteiger partial charge in [-0.15, -0.1) is 0 Å². The maximum Gasteiger partial charge on any atom is 0.232 e. The fourth-order valence-corrected chi connectivity index (χ4v) is 2.90. The van der Waals surface area contributed by atoms with Crippen molar-refractivity contribution >= 4 is 33.1 Å². The molecule has 0 atom stereocenters. The van der Waals surface area contributed by atoms with Gasteiger partial charge >= 0.3 is 0 Å². The van der Waals surface area contributed by atoms with Gasteiger partial charge in [-0.1, -0.05) is 36.5 Å². The SMILES string of the molecule is CN(CC(N)=O)S(=O)(=O)Cc1ccccc1C(N)=S. The molecule has 6 nitrogen and oxygen atoms in total. The van der Waals surface area contributed by atoms with Gasteiger partial charge in [-0.2, -0.15) is 4.31 Å². The Morgan fingerprint density at radius 3 is 2.42 bits per heavy atom. The quantitative estimate of drug-likeness (QED) is 0.693. The molecule has 4 N–H and O–H groups in total. The molecule has 0 spiro atoms. The minimum Gasteiger partial charge on any atom is -0.389 e. The number of benzene rings is 1. The summed E-state index contributed by atoms with van der Waals surface area (Å²) in [7, 11) is -2.35. The Hall–Kier alpha value is -1.51. The molecular formula is C11H15N3O3S2. The number of thiocarbonyl (C=S) groups is 1. The molecule has 0 unspecified atom stereocenters. The van der Waals surface area contributed by atoms with Gasteiger partial charge in [0, 0.05) is 12.6 Å². The van der Waals surface area contributed by atoms with E-state index in [1.807, 2.05) is 0 Å². The number of sulfonamides is 1. The summed E-state index contributed by atoms with van der Waals surface area (Å²) < 4.78 is 25.0. The number of amides is 1. The van der Waals surface area contributed by atoms with E-state index < -0.39 is 15.9 Å². The van der Waals surface area contributed by atoms with Crippen molar-refractivity contribution in [1.82, 2.24) is 4.31 Å². The molecule has 0 saturated carbocycles. The summed E-state index contributed by atoms with van der Waals surface area (Å²) in [6.07, 6.45) is 0. The van der Waals surface area contributed by atoms with Crippen LogP contribution in [-0.2, 0) is 20.6 Å². The Balaban J connectivity index is 3.02. The van der Waals surface area contributed by atoms with Crippen molar-refractivity contribution < 1.29 is 13.2 Å². The zero-order valence-corrected chi connectivity index (χ0v) is 12.0. The van der Waals surface area contributed by atoms with Crippen LogP contribution >= 0.6 is 12.2 Å². The number of primary amides is 1. The van der Waals surface area contributed by atoms with Crippen LogP contribution in [0, 0.1) is 0 Å². The highest BCUT2D eigenvalue weighted by molar-refractivity contribution is 7.88. The Kier molecular flexibility index (Phi) is 4.98. The highest BCUT2D eigenvalue weighted by atomic mass is 32.2. The lowest BCUT2D eigenvalue weighted by atomic mass is 10.1. The summed E-state index contributed by atoms with van der Waals surface area (Å²) in [6.45, 7) is -0.364. The standard InChI is InChI=1S/C11H15N3O3S2/c1-14(6-10(12)15)19(16,17)7-8-4-2-3-5-9(8)11(13)18/h2-5H,6-7H2,1H3,(H2,12,15)(H2,13,18). The Morgan fingerprint density at radius 2 is 1.89 bits per heavy atom. The van der Waals surface area contributed by atoms with E-state index in [4.69, 9.17) is 23.7 Å². The molecule has 1 aromatic carbocycles. The van der Waals surface area contributed by atoms with Crippen LogP contribution in [0.25, 0.3) is 0 Å². The monoisotopic (exact) mass is 301 g/mol. The lowest BCUT2D eigenvalue weighted by Crippen LogP contribution is -2.36. The second kappa shape index (κ2) is 6.09. The van der Waals surface area contributed by atoms with E-state index in [1.165, 1.54) is 7.05 Å². The maximum atomic E-state index is 12.0. The highest BCUT2D eigenvalue weighted by Crippen LogP contribution is 2.14. The van der Waals surface area contributed by atoms with Gasteiger partial charge < -0.3 is 11.5 Å². The van der Waals surface area contributed by atoms with E-state index in [1.54, 1.807) is 24.3 Å². The van der Waals surface area contributed by atoms with Gasteiger partial charge in [-0.3, -0.25) is 4.79 Å². The van der Waals surface area contributed by atoms with E-state index in [0.717, 1.165) is 4.31 Å². The number of likely N-dealkylation sites (N-methyl/N-ethyl adjacent to an activating group) is 1. The normalized spacial score (nSPS) is 11.5. The van der Waals surface area contributed by atoms with Crippen LogP contribution in [0.5, 0.6) is 0 Å². The molecule has 19 heavy (non-hydrogen) atoms. The summed E-state index contributed by atoms with van der Waals surface area (Å²) >= 11 is 4.87. The summed E-state index contributed by atoms with van der Waals surface area (Å²) in [5, 5.41) is 0. The third-order valence-electron chi connectivity index (χ3n) is 2.47. The summed E-state index contributed by atoms with van der Waals surface area (Å²) in [5.41, 5.74) is 11.5. The maximum absolute atomic E-state index is 12.0. The Bertz CT molecular complexity index is 599. The van der Waals surface area contributed by atoms with Crippen LogP contribution in [0.15, 0.2) is 24.3 Å². The molecular weight excluding hydrogens is 286 g/mol. The van der Waals surface area contributed by atoms with Gasteiger partial charge in [0.25, 0.3) is 0 Å². The number of nitrogens with two attached hydrogens (primary N) is 2. The molecule has 0 radical (unpaired) electrons. The van der Waals surface area contributed by atoms with E-state index in [-0.39, 0.29) is 17.3 Å². The van der Waals surface area contributed by atoms with Gasteiger partial charge in [-0.25, -0.2) is 8.42 Å². The zero-order chi connectivity index (χ0) is 14.6. The van der Waals surface area contributed by atoms with Crippen LogP contribution in [0.1, 0.15) is 11.1 Å². The first-order valence-electron chi connectivity index (χ1n) is 5.34. The molecule has 0 bridgehead atoms. The molecule has 0 aromatic heterocycles. The average Bonchev–Trinajstić information content (AvgIpc) is 2.27. The fraction of sp³-hybridized carbons (Fsp3) is 0.273. The summed E-state index contributed by atoms with van der Waals surface area (Å²) in [5.74, 6) is -1.00. The molecule has 1 rings (SSSR count). The van der Waals surface area contributed by atoms with Gasteiger partial charge in [-0.05, 0) is 5.56 Å². The predicted molar refractivity (Wildman–Crippen MR) is 76.8 cm³/mol. The molecule has 1 amide bonds. The number of hydrogen-bond acceptors (Lipinski definition) is 4. The van der Waals surface area contributed by atoms with Crippen molar-refractivity contribution in [3.05, 3.63) is 35.4 Å².